The zero-order chi connectivity index (χ0) is 19.8. The van der Waals surface area contributed by atoms with Gasteiger partial charge in [-0.3, -0.25) is 4.98 Å². The highest BCUT2D eigenvalue weighted by Crippen LogP contribution is 2.36. The molecule has 0 saturated heterocycles. The van der Waals surface area contributed by atoms with E-state index >= 15 is 0 Å². The first kappa shape index (κ1) is 20.1. The fourth-order valence-corrected chi connectivity index (χ4v) is 3.13. The Labute approximate surface area is 142 Å². The molecular formula is C14H9F7N2O2S. The van der Waals surface area contributed by atoms with Crippen molar-refractivity contribution >= 4 is 10.0 Å². The third-order valence-electron chi connectivity index (χ3n) is 3.16. The van der Waals surface area contributed by atoms with Crippen molar-refractivity contribution < 1.29 is 39.2 Å². The minimum absolute atomic E-state index is 0.395. The van der Waals surface area contributed by atoms with E-state index < -0.39 is 50.3 Å². The zero-order valence-corrected chi connectivity index (χ0v) is 13.3. The van der Waals surface area contributed by atoms with Crippen LogP contribution in [0.25, 0.3) is 0 Å². The van der Waals surface area contributed by atoms with Crippen molar-refractivity contribution in [3.63, 3.8) is 0 Å². The van der Waals surface area contributed by atoms with E-state index in [1.54, 1.807) is 0 Å². The average molecular weight is 402 g/mol. The molecule has 0 amide bonds. The summed E-state index contributed by atoms with van der Waals surface area (Å²) in [6, 6.07) is -0.577. The van der Waals surface area contributed by atoms with Crippen LogP contribution in [-0.4, -0.2) is 19.6 Å². The summed E-state index contributed by atoms with van der Waals surface area (Å²) in [5.41, 5.74) is -1.96. The number of alkyl halides is 6. The molecule has 0 aliphatic heterocycles. The lowest BCUT2D eigenvalue weighted by Gasteiger charge is -2.22. The molecule has 1 unspecified atom stereocenters. The van der Waals surface area contributed by atoms with Gasteiger partial charge >= 0.3 is 12.4 Å². The molecule has 0 radical (unpaired) electrons. The molecule has 1 aromatic heterocycles. The number of sulfonamides is 1. The number of rotatable bonds is 4. The normalized spacial score (nSPS) is 14.3. The van der Waals surface area contributed by atoms with Crippen LogP contribution in [0.3, 0.4) is 0 Å². The first-order valence-electron chi connectivity index (χ1n) is 6.67. The highest BCUT2D eigenvalue weighted by molar-refractivity contribution is 7.89. The maximum atomic E-state index is 13.2. The van der Waals surface area contributed by atoms with Crippen LogP contribution >= 0.6 is 0 Å². The lowest BCUT2D eigenvalue weighted by Crippen LogP contribution is -2.38. The average Bonchev–Trinajstić information content (AvgIpc) is 2.51. The van der Waals surface area contributed by atoms with Gasteiger partial charge in [-0.1, -0.05) is 12.1 Å². The third-order valence-corrected chi connectivity index (χ3v) is 4.55. The number of nitrogens with one attached hydrogen (secondary N) is 1. The molecule has 0 spiro atoms. The quantitative estimate of drug-likeness (QED) is 0.792. The first-order chi connectivity index (χ1) is 11.8. The molecule has 0 bridgehead atoms. The van der Waals surface area contributed by atoms with Crippen molar-refractivity contribution in [3.8, 4) is 0 Å². The smallest absolute Gasteiger partial charge is 0.260 e. The maximum Gasteiger partial charge on any atom is 0.416 e. The Hall–Kier alpha value is -2.21. The highest BCUT2D eigenvalue weighted by atomic mass is 32.2. The Morgan fingerprint density at radius 1 is 0.962 bits per heavy atom. The predicted octanol–water partition coefficient (Wildman–Crippen LogP) is 3.82. The molecular weight excluding hydrogens is 393 g/mol. The van der Waals surface area contributed by atoms with E-state index in [1.807, 2.05) is 0 Å². The van der Waals surface area contributed by atoms with Crippen molar-refractivity contribution in [1.82, 2.24) is 9.71 Å². The first-order valence-corrected chi connectivity index (χ1v) is 8.16. The topological polar surface area (TPSA) is 59.1 Å². The second-order valence-electron chi connectivity index (χ2n) is 5.05. The van der Waals surface area contributed by atoms with Crippen molar-refractivity contribution in [3.05, 3.63) is 59.7 Å². The molecule has 26 heavy (non-hydrogen) atoms. The summed E-state index contributed by atoms with van der Waals surface area (Å²) in [5, 5.41) is 0. The monoisotopic (exact) mass is 402 g/mol. The molecule has 2 rings (SSSR count). The minimum atomic E-state index is -5.16. The second-order valence-corrected chi connectivity index (χ2v) is 6.77. The van der Waals surface area contributed by atoms with E-state index in [0.717, 1.165) is 0 Å². The van der Waals surface area contributed by atoms with Gasteiger partial charge in [0.1, 0.15) is 16.8 Å². The van der Waals surface area contributed by atoms with E-state index in [-0.39, 0.29) is 0 Å². The fourth-order valence-electron chi connectivity index (χ4n) is 1.95. The lowest BCUT2D eigenvalue weighted by atomic mass is 10.1. The predicted molar refractivity (Wildman–Crippen MR) is 74.8 cm³/mol. The van der Waals surface area contributed by atoms with E-state index in [2.05, 4.69) is 4.98 Å². The van der Waals surface area contributed by atoms with E-state index in [9.17, 15) is 39.2 Å². The number of aromatic nitrogens is 1. The van der Waals surface area contributed by atoms with Gasteiger partial charge in [-0.15, -0.1) is 0 Å². The van der Waals surface area contributed by atoms with Crippen LogP contribution in [0.5, 0.6) is 0 Å². The van der Waals surface area contributed by atoms with E-state index in [4.69, 9.17) is 0 Å². The standard InChI is InChI=1S/C14H9F7N2O2S/c15-10-5-11(7-22-6-10)26(24,25)23-12(14(19,20)21)8-1-3-9(4-2-8)13(16,17)18/h1-7,12,23H. The van der Waals surface area contributed by atoms with Crippen LogP contribution in [-0.2, 0) is 16.2 Å². The number of pyridine rings is 1. The molecule has 1 atom stereocenters. The van der Waals surface area contributed by atoms with E-state index in [0.29, 0.717) is 42.7 Å². The lowest BCUT2D eigenvalue weighted by molar-refractivity contribution is -0.153. The Morgan fingerprint density at radius 3 is 2.00 bits per heavy atom. The minimum Gasteiger partial charge on any atom is -0.260 e. The summed E-state index contributed by atoms with van der Waals surface area (Å²) in [7, 11) is -4.85. The second kappa shape index (κ2) is 6.83. The Bertz CT molecular complexity index is 877. The van der Waals surface area contributed by atoms with Crippen LogP contribution in [0, 0.1) is 5.82 Å². The number of nitrogens with zero attached hydrogens (tertiary/aromatic N) is 1. The van der Waals surface area contributed by atoms with Gasteiger partial charge in [0.2, 0.25) is 10.0 Å². The highest BCUT2D eigenvalue weighted by Gasteiger charge is 2.44. The van der Waals surface area contributed by atoms with Crippen LogP contribution in [0.2, 0.25) is 0 Å². The van der Waals surface area contributed by atoms with Gasteiger partial charge in [-0.05, 0) is 23.8 Å². The molecule has 142 valence electrons. The summed E-state index contributed by atoms with van der Waals surface area (Å²) in [6.07, 6.45) is -8.64. The summed E-state index contributed by atoms with van der Waals surface area (Å²) in [6.45, 7) is 0. The number of hydrogen-bond acceptors (Lipinski definition) is 3. The Balaban J connectivity index is 2.40. The molecule has 4 nitrogen and oxygen atoms in total. The Kier molecular flexibility index (Phi) is 5.29. The molecule has 0 fully saturated rings. The number of hydrogen-bond donors (Lipinski definition) is 1. The maximum absolute atomic E-state index is 13.2. The number of benzene rings is 1. The van der Waals surface area contributed by atoms with Gasteiger partial charge in [-0.2, -0.15) is 31.1 Å². The zero-order valence-electron chi connectivity index (χ0n) is 12.4. The molecule has 0 saturated carbocycles. The molecule has 0 aliphatic carbocycles. The van der Waals surface area contributed by atoms with Crippen LogP contribution < -0.4 is 4.72 Å². The fraction of sp³-hybridized carbons (Fsp3) is 0.214. The summed E-state index contributed by atoms with van der Waals surface area (Å²) >= 11 is 0. The third kappa shape index (κ3) is 4.69. The molecule has 12 heteroatoms. The molecule has 1 N–H and O–H groups in total. The summed E-state index contributed by atoms with van der Waals surface area (Å²) < 4.78 is 116. The van der Waals surface area contributed by atoms with Crippen LogP contribution in [0.15, 0.2) is 47.6 Å². The summed E-state index contributed by atoms with van der Waals surface area (Å²) in [5.74, 6) is -1.09. The van der Waals surface area contributed by atoms with Crippen LogP contribution in [0.4, 0.5) is 30.7 Å². The van der Waals surface area contributed by atoms with Crippen molar-refractivity contribution in [1.29, 1.82) is 0 Å². The van der Waals surface area contributed by atoms with Gasteiger partial charge < -0.3 is 0 Å². The van der Waals surface area contributed by atoms with E-state index in [1.165, 1.54) is 4.72 Å². The van der Waals surface area contributed by atoms with Gasteiger partial charge in [0.05, 0.1) is 11.8 Å². The largest absolute Gasteiger partial charge is 0.416 e. The van der Waals surface area contributed by atoms with Gasteiger partial charge in [0.25, 0.3) is 0 Å². The van der Waals surface area contributed by atoms with Crippen LogP contribution in [0.1, 0.15) is 17.2 Å². The van der Waals surface area contributed by atoms with Gasteiger partial charge in [0, 0.05) is 6.20 Å². The molecule has 1 heterocycles. The van der Waals surface area contributed by atoms with Gasteiger partial charge in [0.15, 0.2) is 0 Å². The SMILES string of the molecule is O=S(=O)(NC(c1ccc(C(F)(F)F)cc1)C(F)(F)F)c1cncc(F)c1. The van der Waals surface area contributed by atoms with Crippen molar-refractivity contribution in [2.24, 2.45) is 0 Å². The van der Waals surface area contributed by atoms with Gasteiger partial charge in [-0.25, -0.2) is 12.8 Å². The molecule has 2 aromatic rings. The molecule has 1 aromatic carbocycles. The summed E-state index contributed by atoms with van der Waals surface area (Å²) in [4.78, 5) is 2.37. The van der Waals surface area contributed by atoms with Crippen molar-refractivity contribution in [2.45, 2.75) is 23.3 Å². The number of halogens is 7. The Morgan fingerprint density at radius 2 is 1.54 bits per heavy atom. The van der Waals surface area contributed by atoms with Crippen molar-refractivity contribution in [2.75, 3.05) is 0 Å². The molecule has 0 aliphatic rings.